The predicted molar refractivity (Wildman–Crippen MR) is 241 cm³/mol. The lowest BCUT2D eigenvalue weighted by atomic mass is 10.0. The van der Waals surface area contributed by atoms with Gasteiger partial charge in [-0.05, 0) is 114 Å². The monoisotopic (exact) mass is 733 g/mol. The molecule has 56 heavy (non-hydrogen) atoms. The second kappa shape index (κ2) is 13.3. The first-order chi connectivity index (χ1) is 27.8. The molecule has 0 atom stereocenters. The Kier molecular flexibility index (Phi) is 7.68. The van der Waals surface area contributed by atoms with Crippen molar-refractivity contribution >= 4 is 98.2 Å². The van der Waals surface area contributed by atoms with E-state index < -0.39 is 0 Å². The number of para-hydroxylation sites is 4. The topological polar surface area (TPSA) is 11.4 Å². The van der Waals surface area contributed by atoms with Gasteiger partial charge in [0.25, 0.3) is 0 Å². The van der Waals surface area contributed by atoms with Gasteiger partial charge >= 0.3 is 0 Å². The van der Waals surface area contributed by atoms with Gasteiger partial charge in [-0.1, -0.05) is 109 Å². The maximum Gasteiger partial charge on any atom is 0.0561 e. The van der Waals surface area contributed by atoms with E-state index in [1.165, 1.54) is 52.8 Å². The number of thiophene rings is 1. The van der Waals surface area contributed by atoms with Crippen LogP contribution >= 0.6 is 11.3 Å². The van der Waals surface area contributed by atoms with Crippen molar-refractivity contribution in [3.63, 3.8) is 0 Å². The zero-order chi connectivity index (χ0) is 37.0. The van der Waals surface area contributed by atoms with E-state index in [4.69, 9.17) is 0 Å². The zero-order valence-corrected chi connectivity index (χ0v) is 31.3. The molecule has 0 aliphatic carbocycles. The molecule has 0 unspecified atom stereocenters. The molecule has 0 N–H and O–H groups in total. The van der Waals surface area contributed by atoms with E-state index in [0.717, 1.165) is 39.8 Å². The Morgan fingerprint density at radius 3 is 1.50 bits per heavy atom. The molecule has 0 saturated heterocycles. The van der Waals surface area contributed by atoms with Crippen LogP contribution in [0.4, 0.5) is 34.1 Å². The molecule has 2 aromatic heterocycles. The van der Waals surface area contributed by atoms with Crippen LogP contribution in [0.5, 0.6) is 0 Å². The summed E-state index contributed by atoms with van der Waals surface area (Å²) in [7, 11) is 0. The standard InChI is InChI=1S/C52H35N3S/c1-4-14-37(15-5-1)53(42-29-31-44-36(34-42)24-33-51-52(44)47-21-11-13-23-50(47)56-51)40-25-27-41(28-26-40)54(38-16-6-2-7-17-38)43-30-32-46-45-20-10-12-22-48(45)55(49(46)35-43)39-18-8-3-9-19-39/h1-35H. The summed E-state index contributed by atoms with van der Waals surface area (Å²) in [5.41, 5.74) is 10.1. The average Bonchev–Trinajstić information content (AvgIpc) is 3.81. The van der Waals surface area contributed by atoms with Crippen LogP contribution in [-0.2, 0) is 0 Å². The largest absolute Gasteiger partial charge is 0.310 e. The summed E-state index contributed by atoms with van der Waals surface area (Å²) in [6.45, 7) is 0. The van der Waals surface area contributed by atoms with Crippen LogP contribution in [0, 0.1) is 0 Å². The number of hydrogen-bond acceptors (Lipinski definition) is 3. The number of fused-ring (bicyclic) bond motifs is 8. The average molecular weight is 734 g/mol. The summed E-state index contributed by atoms with van der Waals surface area (Å²) in [5.74, 6) is 0. The first-order valence-corrected chi connectivity index (χ1v) is 19.8. The molecule has 4 heteroatoms. The predicted octanol–water partition coefficient (Wildman–Crippen LogP) is 15.2. The highest BCUT2D eigenvalue weighted by molar-refractivity contribution is 7.26. The first kappa shape index (κ1) is 32.3. The van der Waals surface area contributed by atoms with Crippen molar-refractivity contribution < 1.29 is 0 Å². The van der Waals surface area contributed by atoms with E-state index in [1.807, 2.05) is 11.3 Å². The van der Waals surface area contributed by atoms with E-state index in [0.29, 0.717) is 0 Å². The van der Waals surface area contributed by atoms with Crippen molar-refractivity contribution in [2.45, 2.75) is 0 Å². The SMILES string of the molecule is c1ccc(N(c2ccc(N(c3ccccc3)c3ccc4c5ccccc5n(-c5ccccc5)c4c3)cc2)c2ccc3c(ccc4sc5ccccc5c43)c2)cc1. The van der Waals surface area contributed by atoms with Crippen LogP contribution in [-0.4, -0.2) is 4.57 Å². The Bertz CT molecular complexity index is 3180. The van der Waals surface area contributed by atoms with Gasteiger partial charge in [0.05, 0.1) is 11.0 Å². The maximum absolute atomic E-state index is 2.38. The molecule has 11 aromatic rings. The van der Waals surface area contributed by atoms with Gasteiger partial charge in [-0.3, -0.25) is 0 Å². The summed E-state index contributed by atoms with van der Waals surface area (Å²) in [6.07, 6.45) is 0. The molecule has 2 heterocycles. The summed E-state index contributed by atoms with van der Waals surface area (Å²) < 4.78 is 5.03. The molecule has 0 bridgehead atoms. The third kappa shape index (κ3) is 5.34. The lowest BCUT2D eigenvalue weighted by Gasteiger charge is -2.28. The Hall–Kier alpha value is -7.14. The molecule has 0 saturated carbocycles. The van der Waals surface area contributed by atoms with E-state index in [-0.39, 0.29) is 0 Å². The normalized spacial score (nSPS) is 11.6. The second-order valence-corrected chi connectivity index (χ2v) is 15.3. The van der Waals surface area contributed by atoms with E-state index in [1.54, 1.807) is 0 Å². The van der Waals surface area contributed by atoms with E-state index >= 15 is 0 Å². The van der Waals surface area contributed by atoms with Crippen LogP contribution in [0.1, 0.15) is 0 Å². The highest BCUT2D eigenvalue weighted by Crippen LogP contribution is 2.44. The molecule has 0 spiro atoms. The van der Waals surface area contributed by atoms with Crippen LogP contribution in [0.3, 0.4) is 0 Å². The molecule has 0 aliphatic rings. The van der Waals surface area contributed by atoms with Crippen molar-refractivity contribution in [3.8, 4) is 5.69 Å². The fraction of sp³-hybridized carbons (Fsp3) is 0. The Morgan fingerprint density at radius 1 is 0.321 bits per heavy atom. The lowest BCUT2D eigenvalue weighted by molar-refractivity contribution is 1.18. The first-order valence-electron chi connectivity index (χ1n) is 19.0. The van der Waals surface area contributed by atoms with Crippen molar-refractivity contribution in [1.29, 1.82) is 0 Å². The molecule has 0 amide bonds. The Morgan fingerprint density at radius 2 is 0.821 bits per heavy atom. The van der Waals surface area contributed by atoms with Crippen molar-refractivity contribution in [3.05, 3.63) is 212 Å². The molecule has 9 aromatic carbocycles. The minimum atomic E-state index is 1.08. The quantitative estimate of drug-likeness (QED) is 0.162. The molecule has 0 aliphatic heterocycles. The summed E-state index contributed by atoms with van der Waals surface area (Å²) >= 11 is 1.87. The molecule has 0 radical (unpaired) electrons. The Balaban J connectivity index is 1.04. The van der Waals surface area contributed by atoms with Gasteiger partial charge in [0.1, 0.15) is 0 Å². The lowest BCUT2D eigenvalue weighted by Crippen LogP contribution is -2.12. The van der Waals surface area contributed by atoms with Crippen LogP contribution < -0.4 is 9.80 Å². The van der Waals surface area contributed by atoms with Crippen LogP contribution in [0.25, 0.3) is 58.4 Å². The highest BCUT2D eigenvalue weighted by Gasteiger charge is 2.19. The molecular weight excluding hydrogens is 699 g/mol. The number of hydrogen-bond donors (Lipinski definition) is 0. The zero-order valence-electron chi connectivity index (χ0n) is 30.5. The molecule has 11 rings (SSSR count). The van der Waals surface area contributed by atoms with E-state index in [2.05, 4.69) is 227 Å². The minimum absolute atomic E-state index is 1.08. The summed E-state index contributed by atoms with van der Waals surface area (Å²) in [6, 6.07) is 76.8. The van der Waals surface area contributed by atoms with Gasteiger partial charge in [-0.15, -0.1) is 11.3 Å². The van der Waals surface area contributed by atoms with Gasteiger partial charge < -0.3 is 14.4 Å². The summed E-state index contributed by atoms with van der Waals surface area (Å²) in [5, 5.41) is 7.66. The van der Waals surface area contributed by atoms with Gasteiger partial charge in [0.2, 0.25) is 0 Å². The fourth-order valence-corrected chi connectivity index (χ4v) is 9.55. The number of anilines is 6. The highest BCUT2D eigenvalue weighted by atomic mass is 32.1. The van der Waals surface area contributed by atoms with Gasteiger partial charge in [0, 0.05) is 70.8 Å². The van der Waals surface area contributed by atoms with Crippen LogP contribution in [0.2, 0.25) is 0 Å². The smallest absolute Gasteiger partial charge is 0.0561 e. The van der Waals surface area contributed by atoms with Crippen molar-refractivity contribution in [2.24, 2.45) is 0 Å². The number of benzene rings is 9. The molecule has 3 nitrogen and oxygen atoms in total. The number of rotatable bonds is 7. The van der Waals surface area contributed by atoms with Gasteiger partial charge in [-0.2, -0.15) is 0 Å². The maximum atomic E-state index is 2.38. The van der Waals surface area contributed by atoms with Gasteiger partial charge in [-0.25, -0.2) is 0 Å². The number of nitrogens with zero attached hydrogens (tertiary/aromatic N) is 3. The minimum Gasteiger partial charge on any atom is -0.310 e. The molecule has 0 fully saturated rings. The Labute approximate surface area is 329 Å². The third-order valence-electron chi connectivity index (χ3n) is 10.9. The molecule has 264 valence electrons. The second-order valence-electron chi connectivity index (χ2n) is 14.2. The third-order valence-corrected chi connectivity index (χ3v) is 12.1. The fourth-order valence-electron chi connectivity index (χ4n) is 8.43. The summed E-state index contributed by atoms with van der Waals surface area (Å²) in [4.78, 5) is 4.71. The number of aromatic nitrogens is 1. The van der Waals surface area contributed by atoms with Crippen molar-refractivity contribution in [1.82, 2.24) is 4.57 Å². The van der Waals surface area contributed by atoms with E-state index in [9.17, 15) is 0 Å². The van der Waals surface area contributed by atoms with Crippen LogP contribution in [0.15, 0.2) is 212 Å². The van der Waals surface area contributed by atoms with Crippen molar-refractivity contribution in [2.75, 3.05) is 9.80 Å². The van der Waals surface area contributed by atoms with Gasteiger partial charge in [0.15, 0.2) is 0 Å². The molecular formula is C52H35N3S.